The molecule has 0 unspecified atom stereocenters. The van der Waals surface area contributed by atoms with Gasteiger partial charge in [-0.3, -0.25) is 0 Å². The highest BCUT2D eigenvalue weighted by molar-refractivity contribution is 5.91. The monoisotopic (exact) mass is 650 g/mol. The van der Waals surface area contributed by atoms with Gasteiger partial charge in [0, 0.05) is 0 Å². The number of esters is 1. The fraction of sp³-hybridized carbons (Fsp3) is 0.194. The summed E-state index contributed by atoms with van der Waals surface area (Å²) in [5, 5.41) is 0. The van der Waals surface area contributed by atoms with E-state index in [9.17, 15) is 48.7 Å². The number of halogens is 12. The molecule has 0 bridgehead atoms. The molecule has 0 aliphatic rings. The Labute approximate surface area is 246 Å². The van der Waals surface area contributed by atoms with Crippen LogP contribution in [-0.2, 0) is 11.2 Å². The molecule has 0 aromatic heterocycles. The molecular formula is C31H18F12O2. The Morgan fingerprint density at radius 1 is 0.600 bits per heavy atom. The first-order valence-corrected chi connectivity index (χ1v) is 12.9. The van der Waals surface area contributed by atoms with E-state index in [2.05, 4.69) is 4.74 Å². The third-order valence-electron chi connectivity index (χ3n) is 7.05. The Hall–Kier alpha value is -4.49. The van der Waals surface area contributed by atoms with Crippen LogP contribution in [0.3, 0.4) is 0 Å². The van der Waals surface area contributed by atoms with Crippen molar-refractivity contribution in [3.63, 3.8) is 0 Å². The Morgan fingerprint density at radius 2 is 0.978 bits per heavy atom. The van der Waals surface area contributed by atoms with Gasteiger partial charge in [0.2, 0.25) is 11.6 Å². The molecule has 14 heteroatoms. The van der Waals surface area contributed by atoms with Crippen molar-refractivity contribution in [1.82, 2.24) is 0 Å². The quantitative estimate of drug-likeness (QED) is 0.0822. The van der Waals surface area contributed by atoms with Crippen molar-refractivity contribution in [2.45, 2.75) is 32.8 Å². The average Bonchev–Trinajstić information content (AvgIpc) is 3.00. The maximum absolute atomic E-state index is 15.1. The first kappa shape index (κ1) is 33.4. The van der Waals surface area contributed by atoms with E-state index in [1.54, 1.807) is 12.1 Å². The molecule has 0 aliphatic carbocycles. The second-order valence-corrected chi connectivity index (χ2v) is 9.98. The maximum Gasteiger partial charge on any atom is 0.345 e. The smallest absolute Gasteiger partial charge is 0.345 e. The predicted octanol–water partition coefficient (Wildman–Crippen LogP) is 9.56. The number of hydrogen-bond acceptors (Lipinski definition) is 2. The van der Waals surface area contributed by atoms with Gasteiger partial charge in [-0.15, -0.1) is 0 Å². The summed E-state index contributed by atoms with van der Waals surface area (Å²) in [7, 11) is 0. The van der Waals surface area contributed by atoms with Crippen LogP contribution in [0, 0.1) is 75.7 Å². The average molecular weight is 650 g/mol. The summed E-state index contributed by atoms with van der Waals surface area (Å²) in [5.74, 6) is -33.7. The molecule has 0 amide bonds. The van der Waals surface area contributed by atoms with Crippen LogP contribution in [0.1, 0.15) is 53.4 Å². The molecule has 1 atom stereocenters. The van der Waals surface area contributed by atoms with Crippen LogP contribution in [0.4, 0.5) is 52.7 Å². The molecule has 4 aromatic carbocycles. The summed E-state index contributed by atoms with van der Waals surface area (Å²) >= 11 is 0. The van der Waals surface area contributed by atoms with Gasteiger partial charge in [0.05, 0.1) is 11.1 Å². The highest BCUT2D eigenvalue weighted by Crippen LogP contribution is 2.39. The second-order valence-electron chi connectivity index (χ2n) is 9.98. The summed E-state index contributed by atoms with van der Waals surface area (Å²) in [4.78, 5) is 12.9. The van der Waals surface area contributed by atoms with Crippen molar-refractivity contribution < 1.29 is 62.2 Å². The van der Waals surface area contributed by atoms with Gasteiger partial charge < -0.3 is 4.74 Å². The topological polar surface area (TPSA) is 26.3 Å². The Morgan fingerprint density at radius 3 is 1.36 bits per heavy atom. The number of rotatable bonds is 8. The molecular weight excluding hydrogens is 632 g/mol. The minimum atomic E-state index is -3.64. The second kappa shape index (κ2) is 12.9. The minimum absolute atomic E-state index is 0.146. The summed E-state index contributed by atoms with van der Waals surface area (Å²) < 4.78 is 177. The molecule has 0 N–H and O–H groups in total. The third-order valence-corrected chi connectivity index (χ3v) is 7.05. The Kier molecular flexibility index (Phi) is 9.54. The molecule has 0 heterocycles. The van der Waals surface area contributed by atoms with Gasteiger partial charge in [0.25, 0.3) is 0 Å². The lowest BCUT2D eigenvalue weighted by Gasteiger charge is -2.22. The highest BCUT2D eigenvalue weighted by atomic mass is 19.2. The molecule has 0 saturated carbocycles. The zero-order chi connectivity index (χ0) is 33.5. The van der Waals surface area contributed by atoms with Crippen molar-refractivity contribution in [2.24, 2.45) is 5.92 Å². The first-order chi connectivity index (χ1) is 21.1. The summed E-state index contributed by atoms with van der Waals surface area (Å²) in [6.45, 7) is 4.00. The standard InChI is InChI=1S/C31H18F12O2/c1-3-11(2)8-12-4-6-13(7-5-12)14-9-15(32)17(16(33)10-14)31(44)45-30(18-20(34)24(38)28(42)25(39)21(18)35)19-22(36)26(40)29(43)27(41)23(19)37/h4-7,9-11,30H,3,8H2,1-2H3/t11-/m1/s1. The van der Waals surface area contributed by atoms with E-state index in [0.717, 1.165) is 12.0 Å². The third kappa shape index (κ3) is 6.09. The molecule has 4 aromatic rings. The normalized spacial score (nSPS) is 12.2. The van der Waals surface area contributed by atoms with Gasteiger partial charge in [-0.1, -0.05) is 44.5 Å². The Balaban J connectivity index is 1.83. The van der Waals surface area contributed by atoms with Gasteiger partial charge in [-0.05, 0) is 41.2 Å². The first-order valence-electron chi connectivity index (χ1n) is 12.9. The zero-order valence-corrected chi connectivity index (χ0v) is 22.9. The van der Waals surface area contributed by atoms with Crippen molar-refractivity contribution in [1.29, 1.82) is 0 Å². The van der Waals surface area contributed by atoms with E-state index in [0.29, 0.717) is 24.5 Å². The number of hydrogen-bond donors (Lipinski definition) is 0. The SMILES string of the molecule is CC[C@@H](C)Cc1ccc(-c2cc(F)c(C(=O)OC(c3c(F)c(F)c(F)c(F)c3F)c3c(F)c(F)c(F)c(F)c3F)c(F)c2)cc1. The van der Waals surface area contributed by atoms with Gasteiger partial charge in [0.1, 0.15) is 17.2 Å². The van der Waals surface area contributed by atoms with E-state index in [1.165, 1.54) is 12.1 Å². The van der Waals surface area contributed by atoms with Crippen molar-refractivity contribution in [3.05, 3.63) is 128 Å². The predicted molar refractivity (Wildman–Crippen MR) is 135 cm³/mol. The van der Waals surface area contributed by atoms with Gasteiger partial charge in [0.15, 0.2) is 52.6 Å². The van der Waals surface area contributed by atoms with Crippen LogP contribution >= 0.6 is 0 Å². The van der Waals surface area contributed by atoms with Gasteiger partial charge >= 0.3 is 5.97 Å². The fourth-order valence-corrected chi connectivity index (χ4v) is 4.45. The van der Waals surface area contributed by atoms with Gasteiger partial charge in [-0.2, -0.15) is 0 Å². The van der Waals surface area contributed by atoms with E-state index in [4.69, 9.17) is 0 Å². The largest absolute Gasteiger partial charge is 0.448 e. The number of carbonyl (C=O) groups is 1. The zero-order valence-electron chi connectivity index (χ0n) is 22.9. The lowest BCUT2D eigenvalue weighted by molar-refractivity contribution is 0.0335. The maximum atomic E-state index is 15.1. The molecule has 45 heavy (non-hydrogen) atoms. The number of ether oxygens (including phenoxy) is 1. The fourth-order valence-electron chi connectivity index (χ4n) is 4.45. The summed E-state index contributed by atoms with van der Waals surface area (Å²) in [5.41, 5.74) is -5.46. The molecule has 0 aliphatic heterocycles. The van der Waals surface area contributed by atoms with Crippen molar-refractivity contribution in [2.75, 3.05) is 0 Å². The van der Waals surface area contributed by atoms with Crippen LogP contribution < -0.4 is 0 Å². The van der Waals surface area contributed by atoms with Gasteiger partial charge in [-0.25, -0.2) is 57.5 Å². The molecule has 0 spiro atoms. The minimum Gasteiger partial charge on any atom is -0.448 e. The van der Waals surface area contributed by atoms with E-state index < -0.39 is 98.6 Å². The molecule has 238 valence electrons. The Bertz CT molecular complexity index is 1650. The van der Waals surface area contributed by atoms with E-state index >= 15 is 8.78 Å². The molecule has 0 radical (unpaired) electrons. The van der Waals surface area contributed by atoms with Crippen LogP contribution in [0.25, 0.3) is 11.1 Å². The van der Waals surface area contributed by atoms with Crippen molar-refractivity contribution >= 4 is 5.97 Å². The van der Waals surface area contributed by atoms with Crippen LogP contribution in [0.5, 0.6) is 0 Å². The summed E-state index contributed by atoms with van der Waals surface area (Å²) in [6, 6.07) is 7.55. The lowest BCUT2D eigenvalue weighted by Crippen LogP contribution is -2.23. The molecule has 0 fully saturated rings. The van der Waals surface area contributed by atoms with E-state index in [-0.39, 0.29) is 11.1 Å². The lowest BCUT2D eigenvalue weighted by atomic mass is 9.96. The van der Waals surface area contributed by atoms with Crippen LogP contribution in [0.2, 0.25) is 0 Å². The molecule has 4 rings (SSSR count). The molecule has 0 saturated heterocycles. The number of benzene rings is 4. The van der Waals surface area contributed by atoms with Crippen LogP contribution in [0.15, 0.2) is 36.4 Å². The van der Waals surface area contributed by atoms with Crippen molar-refractivity contribution in [3.8, 4) is 11.1 Å². The highest BCUT2D eigenvalue weighted by Gasteiger charge is 2.40. The summed E-state index contributed by atoms with van der Waals surface area (Å²) in [6.07, 6.45) is -2.04. The molecule has 2 nitrogen and oxygen atoms in total. The number of carbonyl (C=O) groups excluding carboxylic acids is 1. The van der Waals surface area contributed by atoms with E-state index in [1.807, 2.05) is 13.8 Å². The van der Waals surface area contributed by atoms with Crippen LogP contribution in [-0.4, -0.2) is 5.97 Å².